The first-order valence-corrected chi connectivity index (χ1v) is 22.3. The number of pyridine rings is 1. The average Bonchev–Trinajstić information content (AvgIpc) is 3.83. The number of likely N-dealkylation sites (N-methyl/N-ethyl adjacent to an activating group) is 1. The largest absolute Gasteiger partial charge is 0.464 e. The predicted octanol–water partition coefficient (Wildman–Crippen LogP) is 5.50. The first-order valence-electron chi connectivity index (χ1n) is 21.4. The van der Waals surface area contributed by atoms with E-state index in [2.05, 4.69) is 83.3 Å². The van der Waals surface area contributed by atoms with Crippen LogP contribution in [0.1, 0.15) is 75.7 Å². The molecule has 60 heavy (non-hydrogen) atoms. The summed E-state index contributed by atoms with van der Waals surface area (Å²) in [6.45, 7) is 13.5. The van der Waals surface area contributed by atoms with Crippen LogP contribution in [0.15, 0.2) is 35.8 Å². The van der Waals surface area contributed by atoms with Crippen molar-refractivity contribution in [1.29, 1.82) is 5.26 Å². The number of nitrogens with zero attached hydrogens (tertiary/aromatic N) is 7. The molecule has 1 aliphatic carbocycles. The molecule has 0 unspecified atom stereocenters. The zero-order chi connectivity index (χ0) is 42.3. The molecule has 2 saturated heterocycles. The number of amides is 2. The number of fused-ring (bicyclic) bond motifs is 6. The van der Waals surface area contributed by atoms with Crippen molar-refractivity contribution >= 4 is 45.7 Å². The van der Waals surface area contributed by atoms with Gasteiger partial charge in [-0.05, 0) is 76.8 Å². The van der Waals surface area contributed by atoms with Gasteiger partial charge in [-0.25, -0.2) is 10.4 Å². The monoisotopic (exact) mass is 835 g/mol. The maximum atomic E-state index is 14.2. The Balaban J connectivity index is 1.25. The number of nitrogens with one attached hydrogen (secondary N) is 2. The topological polar surface area (TPSA) is 158 Å². The van der Waals surface area contributed by atoms with Crippen LogP contribution in [-0.4, -0.2) is 108 Å². The average molecular weight is 836 g/mol. The Hall–Kier alpha value is -4.88. The Labute approximate surface area is 356 Å². The van der Waals surface area contributed by atoms with E-state index in [-0.39, 0.29) is 36.9 Å². The number of anilines is 1. The van der Waals surface area contributed by atoms with Crippen molar-refractivity contribution in [3.8, 4) is 28.6 Å². The summed E-state index contributed by atoms with van der Waals surface area (Å²) >= 11 is 1.45. The summed E-state index contributed by atoms with van der Waals surface area (Å²) < 4.78 is 14.5. The van der Waals surface area contributed by atoms with Crippen LogP contribution in [0.3, 0.4) is 0 Å². The second kappa shape index (κ2) is 17.2. The van der Waals surface area contributed by atoms with Crippen LogP contribution in [0.2, 0.25) is 0 Å². The standard InChI is InChI=1S/C45H57N9O5S/c1-7-53-38-13-11-28-19-32(38)34(41(53)33-20-30(24-47-40(33)27(2)58-6)52-17-15-51(5)16-18-52)22-45(3,4)26-59-44(57)35-9-8-14-54(50-35)43(56)36(21-39-48-37(28)25-60-39)49-42(55)31-12-10-29(31)23-46/h11,13,19-20,24-25,27,29,31,35-36,50H,7-10,12,14-18,21-22,26H2,1-6H3,(H,49,55)/t27-,29+,31+,35-,36-/m0/s1. The summed E-state index contributed by atoms with van der Waals surface area (Å²) in [6, 6.07) is 9.33. The third-order valence-corrected chi connectivity index (χ3v) is 13.7. The molecule has 8 rings (SSSR count). The van der Waals surface area contributed by atoms with Crippen LogP contribution in [-0.2, 0) is 43.2 Å². The van der Waals surface area contributed by atoms with Gasteiger partial charge in [0, 0.05) is 85.6 Å². The van der Waals surface area contributed by atoms with Crippen LogP contribution < -0.4 is 15.6 Å². The van der Waals surface area contributed by atoms with Gasteiger partial charge in [0.15, 0.2) is 0 Å². The van der Waals surface area contributed by atoms with E-state index >= 15 is 0 Å². The Morgan fingerprint density at radius 2 is 1.95 bits per heavy atom. The quantitative estimate of drug-likeness (QED) is 0.227. The molecule has 1 saturated carbocycles. The molecule has 1 aromatic carbocycles. The van der Waals surface area contributed by atoms with Crippen molar-refractivity contribution in [2.24, 2.45) is 17.3 Å². The van der Waals surface area contributed by atoms with E-state index in [0.717, 1.165) is 76.5 Å². The maximum absolute atomic E-state index is 14.2. The van der Waals surface area contributed by atoms with Crippen LogP contribution >= 0.6 is 11.3 Å². The van der Waals surface area contributed by atoms with E-state index in [4.69, 9.17) is 19.4 Å². The molecule has 3 fully saturated rings. The first-order chi connectivity index (χ1) is 28.9. The second-order valence-electron chi connectivity index (χ2n) is 17.7. The summed E-state index contributed by atoms with van der Waals surface area (Å²) in [6.07, 6.45) is 4.86. The number of aromatic nitrogens is 3. The van der Waals surface area contributed by atoms with E-state index in [1.54, 1.807) is 7.11 Å². The highest BCUT2D eigenvalue weighted by Gasteiger charge is 2.40. The summed E-state index contributed by atoms with van der Waals surface area (Å²) in [4.78, 5) is 56.4. The van der Waals surface area contributed by atoms with Gasteiger partial charge in [-0.2, -0.15) is 5.26 Å². The predicted molar refractivity (Wildman–Crippen MR) is 231 cm³/mol. The molecule has 2 N–H and O–H groups in total. The molecule has 3 aromatic heterocycles. The number of thiazole rings is 1. The van der Waals surface area contributed by atoms with Crippen molar-refractivity contribution in [1.82, 2.24) is 35.2 Å². The highest BCUT2D eigenvalue weighted by molar-refractivity contribution is 7.10. The van der Waals surface area contributed by atoms with Crippen molar-refractivity contribution in [2.45, 2.75) is 91.0 Å². The SMILES string of the molecule is CCn1c(-c2cc(N3CCN(C)CC3)cnc2[C@H](C)OC)c2c3cc(ccc31)-c1csc(n1)C[C@H](NC(=O)[C@@H]1CC[C@@H]1C#N)C(=O)N1CCC[C@H](N1)C(=O)OCC(C)(C)C2. The first kappa shape index (κ1) is 41.8. The van der Waals surface area contributed by atoms with Gasteiger partial charge >= 0.3 is 5.97 Å². The highest BCUT2D eigenvalue weighted by Crippen LogP contribution is 2.43. The number of nitriles is 1. The number of benzene rings is 1. The lowest BCUT2D eigenvalue weighted by atomic mass is 9.74. The van der Waals surface area contributed by atoms with Crippen LogP contribution in [0, 0.1) is 28.6 Å². The van der Waals surface area contributed by atoms with Gasteiger partial charge in [-0.3, -0.25) is 24.4 Å². The van der Waals surface area contributed by atoms with E-state index in [1.807, 2.05) is 18.5 Å². The summed E-state index contributed by atoms with van der Waals surface area (Å²) in [7, 11) is 3.88. The number of hydrazine groups is 1. The fraction of sp³-hybridized carbons (Fsp3) is 0.556. The molecule has 3 aliphatic heterocycles. The van der Waals surface area contributed by atoms with Crippen LogP contribution in [0.25, 0.3) is 33.4 Å². The number of carbonyl (C=O) groups excluding carboxylic acids is 3. The van der Waals surface area contributed by atoms with E-state index in [0.29, 0.717) is 50.2 Å². The Morgan fingerprint density at radius 3 is 2.67 bits per heavy atom. The van der Waals surface area contributed by atoms with Gasteiger partial charge in [-0.15, -0.1) is 11.3 Å². The number of rotatable bonds is 7. The number of methoxy groups -OCH3 is 1. The lowest BCUT2D eigenvalue weighted by Crippen LogP contribution is -2.61. The molecular formula is C45H57N9O5S. The van der Waals surface area contributed by atoms with E-state index < -0.39 is 29.4 Å². The molecule has 4 aromatic rings. The van der Waals surface area contributed by atoms with Gasteiger partial charge in [0.25, 0.3) is 5.91 Å². The molecule has 6 heterocycles. The number of ether oxygens (including phenoxy) is 2. The lowest BCUT2D eigenvalue weighted by Gasteiger charge is -2.36. The van der Waals surface area contributed by atoms with E-state index in [9.17, 15) is 19.6 Å². The number of esters is 1. The third-order valence-electron chi connectivity index (χ3n) is 12.9. The lowest BCUT2D eigenvalue weighted by molar-refractivity contribution is -0.155. The van der Waals surface area contributed by atoms with Crippen molar-refractivity contribution in [3.05, 3.63) is 52.1 Å². The van der Waals surface area contributed by atoms with Crippen LogP contribution in [0.5, 0.6) is 0 Å². The smallest absolute Gasteiger partial charge is 0.324 e. The van der Waals surface area contributed by atoms with E-state index in [1.165, 1.54) is 16.3 Å². The highest BCUT2D eigenvalue weighted by atomic mass is 32.1. The fourth-order valence-electron chi connectivity index (χ4n) is 9.08. The van der Waals surface area contributed by atoms with Gasteiger partial charge in [0.2, 0.25) is 5.91 Å². The molecule has 15 heteroatoms. The van der Waals surface area contributed by atoms with Gasteiger partial charge in [-0.1, -0.05) is 19.9 Å². The molecular weight excluding hydrogens is 779 g/mol. The fourth-order valence-corrected chi connectivity index (χ4v) is 9.94. The maximum Gasteiger partial charge on any atom is 0.324 e. The molecule has 5 atom stereocenters. The van der Waals surface area contributed by atoms with Gasteiger partial charge in [0.05, 0.1) is 64.6 Å². The minimum Gasteiger partial charge on any atom is -0.464 e. The second-order valence-corrected chi connectivity index (χ2v) is 18.6. The molecule has 0 spiro atoms. The number of aryl methyl sites for hydroxylation is 1. The molecule has 6 bridgehead atoms. The Morgan fingerprint density at radius 1 is 1.15 bits per heavy atom. The Bertz CT molecular complexity index is 2310. The number of hydrogen-bond acceptors (Lipinski definition) is 12. The number of carbonyl (C=O) groups is 3. The summed E-state index contributed by atoms with van der Waals surface area (Å²) in [5.74, 6) is -1.89. The molecule has 2 amide bonds. The summed E-state index contributed by atoms with van der Waals surface area (Å²) in [5.41, 5.74) is 10.6. The summed E-state index contributed by atoms with van der Waals surface area (Å²) in [5, 5.41) is 17.8. The number of piperazine rings is 1. The zero-order valence-electron chi connectivity index (χ0n) is 35.6. The number of cyclic esters (lactones) is 1. The minimum absolute atomic E-state index is 0.159. The Kier molecular flexibility index (Phi) is 12.0. The molecule has 318 valence electrons. The molecule has 0 radical (unpaired) electrons. The number of hydrogen-bond donors (Lipinski definition) is 2. The third kappa shape index (κ3) is 8.27. The van der Waals surface area contributed by atoms with Crippen molar-refractivity contribution < 1.29 is 23.9 Å². The molecule has 4 aliphatic rings. The van der Waals surface area contributed by atoms with Gasteiger partial charge in [0.1, 0.15) is 12.1 Å². The normalized spacial score (nSPS) is 24.3. The van der Waals surface area contributed by atoms with Crippen molar-refractivity contribution in [2.75, 3.05) is 58.4 Å². The van der Waals surface area contributed by atoms with Gasteiger partial charge < -0.3 is 29.2 Å². The minimum atomic E-state index is -0.939. The molecule has 14 nitrogen and oxygen atoms in total. The van der Waals surface area contributed by atoms with Crippen LogP contribution in [0.4, 0.5) is 5.69 Å². The zero-order valence-corrected chi connectivity index (χ0v) is 36.4. The van der Waals surface area contributed by atoms with Crippen molar-refractivity contribution in [3.63, 3.8) is 0 Å².